The van der Waals surface area contributed by atoms with Crippen molar-refractivity contribution in [3.8, 4) is 11.4 Å². The summed E-state index contributed by atoms with van der Waals surface area (Å²) in [6, 6.07) is 12.3. The molecule has 1 aromatic carbocycles. The van der Waals surface area contributed by atoms with E-state index in [1.54, 1.807) is 4.90 Å². The normalized spacial score (nSPS) is 16.9. The zero-order chi connectivity index (χ0) is 20.4. The molecule has 1 saturated heterocycles. The molecule has 1 aliphatic heterocycles. The van der Waals surface area contributed by atoms with Crippen molar-refractivity contribution in [1.29, 1.82) is 0 Å². The van der Waals surface area contributed by atoms with E-state index in [9.17, 15) is 18.0 Å². The molecule has 3 aromatic rings. The van der Waals surface area contributed by atoms with E-state index in [-0.39, 0.29) is 17.5 Å². The van der Waals surface area contributed by atoms with Gasteiger partial charge in [0.1, 0.15) is 11.9 Å². The first kappa shape index (κ1) is 18.9. The molecule has 1 fully saturated rings. The lowest BCUT2D eigenvalue weighted by Crippen LogP contribution is -2.33. The molecule has 148 valence electrons. The van der Waals surface area contributed by atoms with Gasteiger partial charge in [0.15, 0.2) is 11.5 Å². The van der Waals surface area contributed by atoms with Crippen molar-refractivity contribution in [2.24, 2.45) is 0 Å². The standard InChI is InChI=1S/C20H16F3N5O/c21-20(22,23)16-12-17(27-18(26-16)13-6-9-24-10-7-13)25-15-8-11-28(19(15)29)14-4-2-1-3-5-14/h1-7,9-10,12,15H,8,11H2,(H,25,26,27). The van der Waals surface area contributed by atoms with Crippen molar-refractivity contribution in [1.82, 2.24) is 15.0 Å². The molecule has 9 heteroatoms. The number of amides is 1. The fraction of sp³-hybridized carbons (Fsp3) is 0.200. The summed E-state index contributed by atoms with van der Waals surface area (Å²) in [7, 11) is 0. The van der Waals surface area contributed by atoms with Gasteiger partial charge in [0.2, 0.25) is 5.91 Å². The number of halogens is 3. The molecule has 0 radical (unpaired) electrons. The van der Waals surface area contributed by atoms with Gasteiger partial charge in [0.05, 0.1) is 0 Å². The molecular formula is C20H16F3N5O. The van der Waals surface area contributed by atoms with E-state index in [0.29, 0.717) is 18.5 Å². The fourth-order valence-electron chi connectivity index (χ4n) is 3.15. The lowest BCUT2D eigenvalue weighted by molar-refractivity contribution is -0.141. The maximum Gasteiger partial charge on any atom is 0.433 e. The molecule has 0 spiro atoms. The highest BCUT2D eigenvalue weighted by Gasteiger charge is 2.36. The Morgan fingerprint density at radius 2 is 1.76 bits per heavy atom. The highest BCUT2D eigenvalue weighted by atomic mass is 19.4. The number of benzene rings is 1. The van der Waals surface area contributed by atoms with Gasteiger partial charge in [-0.05, 0) is 30.7 Å². The Labute approximate surface area is 164 Å². The van der Waals surface area contributed by atoms with Gasteiger partial charge in [0, 0.05) is 36.3 Å². The van der Waals surface area contributed by atoms with Crippen molar-refractivity contribution < 1.29 is 18.0 Å². The largest absolute Gasteiger partial charge is 0.433 e. The van der Waals surface area contributed by atoms with Crippen LogP contribution in [-0.2, 0) is 11.0 Å². The topological polar surface area (TPSA) is 71.0 Å². The minimum Gasteiger partial charge on any atom is -0.358 e. The van der Waals surface area contributed by atoms with Crippen LogP contribution in [-0.4, -0.2) is 33.4 Å². The molecule has 6 nitrogen and oxygen atoms in total. The van der Waals surface area contributed by atoms with Crippen LogP contribution in [0.4, 0.5) is 24.7 Å². The summed E-state index contributed by atoms with van der Waals surface area (Å²) in [4.78, 5) is 26.0. The number of para-hydroxylation sites is 1. The zero-order valence-corrected chi connectivity index (χ0v) is 15.1. The summed E-state index contributed by atoms with van der Waals surface area (Å²) in [6.45, 7) is 0.467. The van der Waals surface area contributed by atoms with Gasteiger partial charge < -0.3 is 10.2 Å². The molecule has 1 N–H and O–H groups in total. The molecular weight excluding hydrogens is 383 g/mol. The van der Waals surface area contributed by atoms with Crippen molar-refractivity contribution in [3.05, 3.63) is 66.6 Å². The Bertz CT molecular complexity index is 1010. The molecule has 0 saturated carbocycles. The minimum absolute atomic E-state index is 0.0487. The lowest BCUT2D eigenvalue weighted by atomic mass is 10.2. The molecule has 2 aromatic heterocycles. The van der Waals surface area contributed by atoms with Gasteiger partial charge >= 0.3 is 6.18 Å². The summed E-state index contributed by atoms with van der Waals surface area (Å²) in [5, 5.41) is 2.86. The molecule has 1 amide bonds. The number of nitrogens with one attached hydrogen (secondary N) is 1. The number of pyridine rings is 1. The average molecular weight is 399 g/mol. The van der Waals surface area contributed by atoms with Gasteiger partial charge in [-0.3, -0.25) is 9.78 Å². The van der Waals surface area contributed by atoms with Gasteiger partial charge in [-0.15, -0.1) is 0 Å². The summed E-state index contributed by atoms with van der Waals surface area (Å²) in [5.74, 6) is -0.351. The molecule has 0 aliphatic carbocycles. The van der Waals surface area contributed by atoms with Crippen LogP contribution in [0.1, 0.15) is 12.1 Å². The van der Waals surface area contributed by atoms with Crippen LogP contribution in [0.15, 0.2) is 60.9 Å². The SMILES string of the molecule is O=C1C(Nc2cc(C(F)(F)F)nc(-c3ccncc3)n2)CCN1c1ccccc1. The number of rotatable bonds is 4. The second kappa shape index (κ2) is 7.50. The molecule has 3 heterocycles. The molecule has 1 unspecified atom stereocenters. The van der Waals surface area contributed by atoms with Crippen molar-refractivity contribution in [3.63, 3.8) is 0 Å². The van der Waals surface area contributed by atoms with Crippen molar-refractivity contribution in [2.75, 3.05) is 16.8 Å². The van der Waals surface area contributed by atoms with E-state index in [1.165, 1.54) is 24.5 Å². The number of hydrogen-bond donors (Lipinski definition) is 1. The Kier molecular flexibility index (Phi) is 4.87. The smallest absolute Gasteiger partial charge is 0.358 e. The second-order valence-corrected chi connectivity index (χ2v) is 6.51. The number of carbonyl (C=O) groups excluding carboxylic acids is 1. The summed E-state index contributed by atoms with van der Waals surface area (Å²) in [6.07, 6.45) is -1.30. The Balaban J connectivity index is 1.62. The highest BCUT2D eigenvalue weighted by molar-refractivity contribution is 6.00. The maximum absolute atomic E-state index is 13.3. The van der Waals surface area contributed by atoms with E-state index in [2.05, 4.69) is 20.3 Å². The minimum atomic E-state index is -4.64. The number of anilines is 2. The number of hydrogen-bond acceptors (Lipinski definition) is 5. The summed E-state index contributed by atoms with van der Waals surface area (Å²) < 4.78 is 40.0. The molecule has 29 heavy (non-hydrogen) atoms. The van der Waals surface area contributed by atoms with Crippen LogP contribution in [0, 0.1) is 0 Å². The third kappa shape index (κ3) is 4.03. The molecule has 0 bridgehead atoms. The fourth-order valence-corrected chi connectivity index (χ4v) is 3.15. The Morgan fingerprint density at radius 3 is 2.45 bits per heavy atom. The summed E-state index contributed by atoms with van der Waals surface area (Å²) >= 11 is 0. The van der Waals surface area contributed by atoms with Gasteiger partial charge in [-0.1, -0.05) is 18.2 Å². The van der Waals surface area contributed by atoms with Crippen LogP contribution in [0.25, 0.3) is 11.4 Å². The van der Waals surface area contributed by atoms with E-state index < -0.39 is 17.9 Å². The predicted octanol–water partition coefficient (Wildman–Crippen LogP) is 3.77. The van der Waals surface area contributed by atoms with Crippen LogP contribution < -0.4 is 10.2 Å². The number of alkyl halides is 3. The van der Waals surface area contributed by atoms with Gasteiger partial charge in [-0.2, -0.15) is 13.2 Å². The number of aromatic nitrogens is 3. The van der Waals surface area contributed by atoms with Crippen molar-refractivity contribution in [2.45, 2.75) is 18.6 Å². The molecule has 1 atom stereocenters. The van der Waals surface area contributed by atoms with E-state index in [4.69, 9.17) is 0 Å². The third-order valence-electron chi connectivity index (χ3n) is 4.55. The number of nitrogens with zero attached hydrogens (tertiary/aromatic N) is 4. The first-order chi connectivity index (χ1) is 13.9. The first-order valence-corrected chi connectivity index (χ1v) is 8.91. The van der Waals surface area contributed by atoms with Crippen LogP contribution in [0.3, 0.4) is 0 Å². The lowest BCUT2D eigenvalue weighted by Gasteiger charge is -2.18. The maximum atomic E-state index is 13.3. The number of carbonyl (C=O) groups is 1. The summed E-state index contributed by atoms with van der Waals surface area (Å²) in [5.41, 5.74) is 0.0722. The first-order valence-electron chi connectivity index (χ1n) is 8.91. The average Bonchev–Trinajstić information content (AvgIpc) is 3.08. The van der Waals surface area contributed by atoms with Crippen molar-refractivity contribution >= 4 is 17.4 Å². The van der Waals surface area contributed by atoms with Gasteiger partial charge in [-0.25, -0.2) is 9.97 Å². The quantitative estimate of drug-likeness (QED) is 0.723. The Hall–Kier alpha value is -3.49. The van der Waals surface area contributed by atoms with Crippen LogP contribution >= 0.6 is 0 Å². The van der Waals surface area contributed by atoms with Gasteiger partial charge in [0.25, 0.3) is 0 Å². The Morgan fingerprint density at radius 1 is 1.03 bits per heavy atom. The predicted molar refractivity (Wildman–Crippen MR) is 101 cm³/mol. The third-order valence-corrected chi connectivity index (χ3v) is 4.55. The zero-order valence-electron chi connectivity index (χ0n) is 15.1. The second-order valence-electron chi connectivity index (χ2n) is 6.51. The molecule has 4 rings (SSSR count). The van der Waals surface area contributed by atoms with E-state index in [0.717, 1.165) is 11.8 Å². The monoisotopic (exact) mass is 399 g/mol. The molecule has 1 aliphatic rings. The van der Waals surface area contributed by atoms with E-state index >= 15 is 0 Å². The highest BCUT2D eigenvalue weighted by Crippen LogP contribution is 2.31. The van der Waals surface area contributed by atoms with E-state index in [1.807, 2.05) is 30.3 Å². The van der Waals surface area contributed by atoms with Crippen LogP contribution in [0.2, 0.25) is 0 Å². The van der Waals surface area contributed by atoms with Crippen LogP contribution in [0.5, 0.6) is 0 Å².